The van der Waals surface area contributed by atoms with Crippen molar-refractivity contribution in [1.29, 1.82) is 0 Å². The van der Waals surface area contributed by atoms with Crippen LogP contribution < -0.4 is 20.5 Å². The van der Waals surface area contributed by atoms with Gasteiger partial charge in [0.05, 0.1) is 18.7 Å². The van der Waals surface area contributed by atoms with E-state index < -0.39 is 29.9 Å². The Morgan fingerprint density at radius 1 is 1.42 bits per heavy atom. The first-order chi connectivity index (χ1) is 12.5. The summed E-state index contributed by atoms with van der Waals surface area (Å²) in [5.74, 6) is -1.02. The first kappa shape index (κ1) is 17.9. The maximum absolute atomic E-state index is 13.9. The molecule has 2 heterocycles. The molecule has 1 aromatic carbocycles. The van der Waals surface area contributed by atoms with Crippen LogP contribution in [0.2, 0.25) is 0 Å². The number of alkyl halides is 1. The number of nitrogens with one attached hydrogen (secondary N) is 1. The van der Waals surface area contributed by atoms with E-state index in [2.05, 4.69) is 10.3 Å². The minimum absolute atomic E-state index is 0.0939. The third kappa shape index (κ3) is 3.14. The van der Waals surface area contributed by atoms with Crippen molar-refractivity contribution in [3.63, 3.8) is 0 Å². The van der Waals surface area contributed by atoms with Crippen molar-refractivity contribution < 1.29 is 23.5 Å². The number of carbonyl (C=O) groups is 2. The standard InChI is InChI=1S/C18H20FN3O4/c1-3-10-13(22-17(24)15(10)19)8-26-18-11-7-14(25-2)12(16(20)23)6-9(11)4-5-21-18/h4-7,10,13,15H,3,8H2,1-2H3,(H2,20,23)(H,22,24)/t10-,13-,15+/m1/s1. The van der Waals surface area contributed by atoms with E-state index in [0.29, 0.717) is 28.8 Å². The van der Waals surface area contributed by atoms with E-state index in [1.807, 2.05) is 6.92 Å². The van der Waals surface area contributed by atoms with Gasteiger partial charge in [-0.15, -0.1) is 0 Å². The second-order valence-electron chi connectivity index (χ2n) is 6.15. The fraction of sp³-hybridized carbons (Fsp3) is 0.389. The van der Waals surface area contributed by atoms with Gasteiger partial charge in [-0.3, -0.25) is 9.59 Å². The number of pyridine rings is 1. The highest BCUT2D eigenvalue weighted by Gasteiger charge is 2.41. The normalized spacial score (nSPS) is 22.3. The molecule has 1 aromatic heterocycles. The second-order valence-corrected chi connectivity index (χ2v) is 6.15. The van der Waals surface area contributed by atoms with E-state index in [0.717, 1.165) is 0 Å². The smallest absolute Gasteiger partial charge is 0.255 e. The molecule has 26 heavy (non-hydrogen) atoms. The van der Waals surface area contributed by atoms with Crippen molar-refractivity contribution >= 4 is 22.6 Å². The van der Waals surface area contributed by atoms with Gasteiger partial charge in [-0.1, -0.05) is 6.92 Å². The van der Waals surface area contributed by atoms with Gasteiger partial charge in [-0.25, -0.2) is 9.37 Å². The molecule has 3 atom stereocenters. The third-order valence-electron chi connectivity index (χ3n) is 4.66. The summed E-state index contributed by atoms with van der Waals surface area (Å²) in [5.41, 5.74) is 5.63. The minimum Gasteiger partial charge on any atom is -0.496 e. The number of rotatable bonds is 6. The lowest BCUT2D eigenvalue weighted by Gasteiger charge is -2.19. The number of carbonyl (C=O) groups excluding carboxylic acids is 2. The Bertz CT molecular complexity index is 858. The van der Waals surface area contributed by atoms with Crippen molar-refractivity contribution in [1.82, 2.24) is 10.3 Å². The monoisotopic (exact) mass is 361 g/mol. The van der Waals surface area contributed by atoms with Crippen LogP contribution in [0, 0.1) is 5.92 Å². The van der Waals surface area contributed by atoms with Crippen LogP contribution in [0.15, 0.2) is 24.4 Å². The summed E-state index contributed by atoms with van der Waals surface area (Å²) in [5, 5.41) is 3.95. The number of ether oxygens (including phenoxy) is 2. The molecule has 1 saturated heterocycles. The summed E-state index contributed by atoms with van der Waals surface area (Å²) >= 11 is 0. The molecule has 7 nitrogen and oxygen atoms in total. The Kier molecular flexibility index (Phi) is 4.92. The molecule has 2 amide bonds. The zero-order valence-electron chi connectivity index (χ0n) is 14.5. The summed E-state index contributed by atoms with van der Waals surface area (Å²) in [6.45, 7) is 1.92. The quantitative estimate of drug-likeness (QED) is 0.813. The summed E-state index contributed by atoms with van der Waals surface area (Å²) < 4.78 is 24.9. The predicted molar refractivity (Wildman–Crippen MR) is 92.9 cm³/mol. The molecule has 3 N–H and O–H groups in total. The van der Waals surface area contributed by atoms with E-state index in [1.165, 1.54) is 13.3 Å². The number of nitrogens with zero attached hydrogens (tertiary/aromatic N) is 1. The van der Waals surface area contributed by atoms with Crippen molar-refractivity contribution in [2.45, 2.75) is 25.6 Å². The number of hydrogen-bond acceptors (Lipinski definition) is 5. The van der Waals surface area contributed by atoms with E-state index in [1.54, 1.807) is 18.2 Å². The summed E-state index contributed by atoms with van der Waals surface area (Å²) in [6, 6.07) is 4.53. The Labute approximate surface area is 149 Å². The van der Waals surface area contributed by atoms with E-state index >= 15 is 0 Å². The van der Waals surface area contributed by atoms with E-state index in [4.69, 9.17) is 15.2 Å². The first-order valence-corrected chi connectivity index (χ1v) is 8.30. The molecule has 0 bridgehead atoms. The van der Waals surface area contributed by atoms with Crippen molar-refractivity contribution in [3.05, 3.63) is 30.0 Å². The number of amides is 2. The van der Waals surface area contributed by atoms with Crippen LogP contribution in [0.4, 0.5) is 4.39 Å². The molecule has 1 aliphatic rings. The van der Waals surface area contributed by atoms with Crippen molar-refractivity contribution in [2.75, 3.05) is 13.7 Å². The molecular weight excluding hydrogens is 341 g/mol. The maximum Gasteiger partial charge on any atom is 0.255 e. The van der Waals surface area contributed by atoms with Crippen molar-refractivity contribution in [3.8, 4) is 11.6 Å². The van der Waals surface area contributed by atoms with Crippen LogP contribution in [0.3, 0.4) is 0 Å². The van der Waals surface area contributed by atoms with Crippen molar-refractivity contribution in [2.24, 2.45) is 11.7 Å². The number of aromatic nitrogens is 1. The van der Waals surface area contributed by atoms with Crippen LogP contribution >= 0.6 is 0 Å². The van der Waals surface area contributed by atoms with Gasteiger partial charge in [0.1, 0.15) is 12.4 Å². The van der Waals surface area contributed by atoms with Gasteiger partial charge in [0.2, 0.25) is 5.88 Å². The van der Waals surface area contributed by atoms with Crippen LogP contribution in [-0.2, 0) is 4.79 Å². The summed E-state index contributed by atoms with van der Waals surface area (Å²) in [4.78, 5) is 27.3. The number of benzene rings is 1. The Balaban J connectivity index is 1.89. The maximum atomic E-state index is 13.9. The number of nitrogens with two attached hydrogens (primary N) is 1. The van der Waals surface area contributed by atoms with Crippen LogP contribution in [-0.4, -0.2) is 42.7 Å². The largest absolute Gasteiger partial charge is 0.496 e. The lowest BCUT2D eigenvalue weighted by atomic mass is 9.97. The zero-order chi connectivity index (χ0) is 18.8. The van der Waals surface area contributed by atoms with Gasteiger partial charge in [-0.2, -0.15) is 0 Å². The van der Waals surface area contributed by atoms with Gasteiger partial charge >= 0.3 is 0 Å². The molecule has 0 aliphatic carbocycles. The molecule has 0 saturated carbocycles. The lowest BCUT2D eigenvalue weighted by molar-refractivity contribution is -0.123. The highest BCUT2D eigenvalue weighted by molar-refractivity contribution is 6.01. The van der Waals surface area contributed by atoms with Crippen LogP contribution in [0.5, 0.6) is 11.6 Å². The molecule has 3 rings (SSSR count). The number of hydrogen-bond donors (Lipinski definition) is 2. The molecule has 8 heteroatoms. The third-order valence-corrected chi connectivity index (χ3v) is 4.66. The SMILES string of the molecule is CC[C@H]1[C@H](F)C(=O)N[C@@H]1COc1nccc2cc(C(N)=O)c(OC)cc12. The zero-order valence-corrected chi connectivity index (χ0v) is 14.5. The lowest BCUT2D eigenvalue weighted by Crippen LogP contribution is -2.34. The molecule has 138 valence electrons. The van der Waals surface area contributed by atoms with Gasteiger partial charge in [0.15, 0.2) is 6.17 Å². The van der Waals surface area contributed by atoms with Crippen LogP contribution in [0.25, 0.3) is 10.8 Å². The molecule has 1 fully saturated rings. The van der Waals surface area contributed by atoms with Gasteiger partial charge in [0, 0.05) is 17.5 Å². The first-order valence-electron chi connectivity index (χ1n) is 8.30. The molecule has 2 aromatic rings. The van der Waals surface area contributed by atoms with Gasteiger partial charge in [0.25, 0.3) is 11.8 Å². The number of primary amides is 1. The number of fused-ring (bicyclic) bond motifs is 1. The second kappa shape index (κ2) is 7.15. The average molecular weight is 361 g/mol. The van der Waals surface area contributed by atoms with Gasteiger partial charge in [-0.05, 0) is 30.0 Å². The molecule has 1 aliphatic heterocycles. The Morgan fingerprint density at radius 3 is 2.85 bits per heavy atom. The number of halogens is 1. The molecule has 0 spiro atoms. The molecule has 0 unspecified atom stereocenters. The highest BCUT2D eigenvalue weighted by Crippen LogP contribution is 2.31. The Hall–Kier alpha value is -2.90. The summed E-state index contributed by atoms with van der Waals surface area (Å²) in [6.07, 6.45) is 0.539. The fourth-order valence-corrected chi connectivity index (χ4v) is 3.24. The highest BCUT2D eigenvalue weighted by atomic mass is 19.1. The van der Waals surface area contributed by atoms with Crippen LogP contribution in [0.1, 0.15) is 23.7 Å². The summed E-state index contributed by atoms with van der Waals surface area (Å²) in [7, 11) is 1.44. The van der Waals surface area contributed by atoms with Gasteiger partial charge < -0.3 is 20.5 Å². The number of methoxy groups -OCH3 is 1. The Morgan fingerprint density at radius 2 is 2.19 bits per heavy atom. The van der Waals surface area contributed by atoms with E-state index in [-0.39, 0.29) is 12.2 Å². The predicted octanol–water partition coefficient (Wildman–Crippen LogP) is 1.58. The minimum atomic E-state index is -1.52. The molecular formula is C18H20FN3O4. The average Bonchev–Trinajstić information content (AvgIpc) is 2.91. The fourth-order valence-electron chi connectivity index (χ4n) is 3.24. The van der Waals surface area contributed by atoms with E-state index in [9.17, 15) is 14.0 Å². The topological polar surface area (TPSA) is 104 Å². The molecule has 0 radical (unpaired) electrons.